The number of benzene rings is 1. The summed E-state index contributed by atoms with van der Waals surface area (Å²) in [5.74, 6) is 1.02. The van der Waals surface area contributed by atoms with Crippen LogP contribution in [0.1, 0.15) is 0 Å². The minimum Gasteiger partial charge on any atom is -0.508 e. The fourth-order valence-electron chi connectivity index (χ4n) is 1.22. The second kappa shape index (κ2) is 8.60. The number of phenolic OH excluding ortho intramolecular Hbond substituents is 1. The van der Waals surface area contributed by atoms with Crippen molar-refractivity contribution in [3.05, 3.63) is 36.5 Å². The summed E-state index contributed by atoms with van der Waals surface area (Å²) in [6.07, 6.45) is 2.89. The van der Waals surface area contributed by atoms with Gasteiger partial charge in [0.25, 0.3) is 0 Å². The van der Waals surface area contributed by atoms with Crippen molar-refractivity contribution >= 4 is 75.3 Å². The third-order valence-electron chi connectivity index (χ3n) is 2.25. The van der Waals surface area contributed by atoms with E-state index in [0.29, 0.717) is 0 Å². The van der Waals surface area contributed by atoms with Gasteiger partial charge in [-0.1, -0.05) is 69.6 Å². The zero-order valence-corrected chi connectivity index (χ0v) is 16.0. The molecule has 0 radical (unpaired) electrons. The van der Waals surface area contributed by atoms with Gasteiger partial charge in [0.2, 0.25) is 3.79 Å². The number of hydrazone groups is 1. The number of nitrogens with zero attached hydrogens (tertiary/aromatic N) is 2. The van der Waals surface area contributed by atoms with E-state index in [9.17, 15) is 0 Å². The van der Waals surface area contributed by atoms with Crippen LogP contribution in [0.15, 0.2) is 41.6 Å². The number of hydrogen-bond donors (Lipinski definition) is 2. The van der Waals surface area contributed by atoms with E-state index in [1.807, 2.05) is 0 Å². The van der Waals surface area contributed by atoms with E-state index in [4.69, 9.17) is 79.4 Å². The number of halogens is 6. The SMILES string of the molecule is COc1ccc(O)cc1.ClC(Cl)(Cl)C1=NN(C(Cl)(Cl)Cl)NC=C1. The van der Waals surface area contributed by atoms with E-state index in [0.717, 1.165) is 10.9 Å². The summed E-state index contributed by atoms with van der Waals surface area (Å²) in [6.45, 7) is 0. The number of methoxy groups -OCH3 is 1. The van der Waals surface area contributed by atoms with Crippen molar-refractivity contribution in [2.45, 2.75) is 7.71 Å². The third kappa shape index (κ3) is 7.33. The van der Waals surface area contributed by atoms with Gasteiger partial charge in [-0.15, -0.1) is 0 Å². The van der Waals surface area contributed by atoms with Gasteiger partial charge in [0.1, 0.15) is 17.2 Å². The molecular formula is C12H11Cl6N3O2. The maximum absolute atomic E-state index is 8.80. The smallest absolute Gasteiger partial charge is 0.301 e. The molecule has 1 aromatic rings. The first-order valence-electron chi connectivity index (χ1n) is 5.82. The standard InChI is InChI=1S/C7H8O2.C5H3Cl6N3/c1-9-7-4-2-6(8)3-5-7;6-4(7,8)3-1-2-12-14(13-3)5(9,10)11/h2-5,8H,1H3;1-2,12H. The van der Waals surface area contributed by atoms with Crippen LogP contribution in [-0.2, 0) is 0 Å². The highest BCUT2D eigenvalue weighted by atomic mass is 35.6. The molecule has 1 aliphatic rings. The van der Waals surface area contributed by atoms with E-state index in [-0.39, 0.29) is 11.5 Å². The highest BCUT2D eigenvalue weighted by Crippen LogP contribution is 2.34. The topological polar surface area (TPSA) is 57.1 Å². The Morgan fingerprint density at radius 2 is 1.65 bits per heavy atom. The number of phenols is 1. The lowest BCUT2D eigenvalue weighted by atomic mass is 10.3. The van der Waals surface area contributed by atoms with E-state index in [1.54, 1.807) is 31.4 Å². The first-order chi connectivity index (χ1) is 10.5. The molecule has 11 heteroatoms. The Balaban J connectivity index is 0.000000253. The quantitative estimate of drug-likeness (QED) is 0.486. The molecule has 23 heavy (non-hydrogen) atoms. The molecule has 0 aliphatic carbocycles. The van der Waals surface area contributed by atoms with Crippen LogP contribution in [0.25, 0.3) is 0 Å². The first-order valence-corrected chi connectivity index (χ1v) is 8.09. The Kier molecular flexibility index (Phi) is 7.71. The van der Waals surface area contributed by atoms with Gasteiger partial charge in [-0.05, 0) is 30.3 Å². The van der Waals surface area contributed by atoms with E-state index >= 15 is 0 Å². The summed E-state index contributed by atoms with van der Waals surface area (Å²) in [5, 5.41) is 13.5. The lowest BCUT2D eigenvalue weighted by Crippen LogP contribution is -2.43. The molecular weight excluding hydrogens is 431 g/mol. The van der Waals surface area contributed by atoms with Crippen LogP contribution in [0.3, 0.4) is 0 Å². The molecule has 0 spiro atoms. The van der Waals surface area contributed by atoms with Gasteiger partial charge in [0, 0.05) is 6.20 Å². The van der Waals surface area contributed by atoms with Crippen LogP contribution in [0.5, 0.6) is 11.5 Å². The summed E-state index contributed by atoms with van der Waals surface area (Å²) in [6, 6.07) is 6.57. The number of aromatic hydroxyl groups is 1. The Labute approximate surface area is 163 Å². The third-order valence-corrected chi connectivity index (χ3v) is 3.31. The summed E-state index contributed by atoms with van der Waals surface area (Å²) in [5.41, 5.74) is 2.70. The number of nitrogens with one attached hydrogen (secondary N) is 1. The second-order valence-electron chi connectivity index (χ2n) is 3.92. The van der Waals surface area contributed by atoms with Crippen molar-refractivity contribution in [3.63, 3.8) is 0 Å². The fraction of sp³-hybridized carbons (Fsp3) is 0.250. The molecule has 128 valence electrons. The zero-order valence-electron chi connectivity index (χ0n) is 11.5. The predicted octanol–water partition coefficient (Wildman–Crippen LogP) is 4.78. The average Bonchev–Trinajstić information content (AvgIpc) is 2.47. The largest absolute Gasteiger partial charge is 0.508 e. The highest BCUT2D eigenvalue weighted by molar-refractivity contribution is 6.77. The maximum Gasteiger partial charge on any atom is 0.301 e. The summed E-state index contributed by atoms with van der Waals surface area (Å²) >= 11 is 33.4. The van der Waals surface area contributed by atoms with Crippen molar-refractivity contribution in [3.8, 4) is 11.5 Å². The van der Waals surface area contributed by atoms with Crippen molar-refractivity contribution in [1.29, 1.82) is 0 Å². The summed E-state index contributed by atoms with van der Waals surface area (Å²) in [7, 11) is 1.59. The first kappa shape index (κ1) is 20.6. The van der Waals surface area contributed by atoms with Crippen LogP contribution in [0, 0.1) is 0 Å². The van der Waals surface area contributed by atoms with Crippen LogP contribution in [0.4, 0.5) is 0 Å². The molecule has 2 rings (SSSR count). The molecule has 0 bridgehead atoms. The van der Waals surface area contributed by atoms with Crippen LogP contribution >= 0.6 is 69.6 Å². The van der Waals surface area contributed by atoms with Crippen molar-refractivity contribution in [2.24, 2.45) is 5.10 Å². The fourth-order valence-corrected chi connectivity index (χ4v) is 1.78. The molecule has 0 unspecified atom stereocenters. The lowest BCUT2D eigenvalue weighted by Gasteiger charge is -2.29. The van der Waals surface area contributed by atoms with E-state index in [1.165, 1.54) is 12.3 Å². The van der Waals surface area contributed by atoms with Crippen molar-refractivity contribution < 1.29 is 9.84 Å². The number of ether oxygens (including phenoxy) is 1. The van der Waals surface area contributed by atoms with Gasteiger partial charge in [-0.2, -0.15) is 10.2 Å². The number of alkyl halides is 6. The zero-order chi connectivity index (χ0) is 17.7. The summed E-state index contributed by atoms with van der Waals surface area (Å²) < 4.78 is 1.44. The summed E-state index contributed by atoms with van der Waals surface area (Å²) in [4.78, 5) is 0. The molecule has 0 fully saturated rings. The second-order valence-corrected chi connectivity index (χ2v) is 8.43. The molecule has 2 N–H and O–H groups in total. The molecule has 1 aliphatic heterocycles. The maximum atomic E-state index is 8.80. The van der Waals surface area contributed by atoms with Crippen molar-refractivity contribution in [1.82, 2.24) is 10.5 Å². The molecule has 0 atom stereocenters. The lowest BCUT2D eigenvalue weighted by molar-refractivity contribution is 0.228. The van der Waals surface area contributed by atoms with Gasteiger partial charge in [0.05, 0.1) is 7.11 Å². The average molecular weight is 442 g/mol. The molecule has 1 aromatic carbocycles. The minimum absolute atomic E-state index is 0.146. The molecule has 0 saturated heterocycles. The van der Waals surface area contributed by atoms with Gasteiger partial charge >= 0.3 is 3.92 Å². The van der Waals surface area contributed by atoms with Crippen LogP contribution in [0.2, 0.25) is 0 Å². The van der Waals surface area contributed by atoms with Crippen LogP contribution < -0.4 is 10.2 Å². The van der Waals surface area contributed by atoms with Gasteiger partial charge in [-0.3, -0.25) is 5.43 Å². The molecule has 0 saturated carbocycles. The van der Waals surface area contributed by atoms with Gasteiger partial charge < -0.3 is 9.84 Å². The Bertz CT molecular complexity index is 566. The number of hydrogen-bond acceptors (Lipinski definition) is 5. The van der Waals surface area contributed by atoms with Crippen molar-refractivity contribution in [2.75, 3.05) is 7.11 Å². The van der Waals surface area contributed by atoms with Gasteiger partial charge in [0.15, 0.2) is 0 Å². The minimum atomic E-state index is -1.76. The molecule has 1 heterocycles. The predicted molar refractivity (Wildman–Crippen MR) is 96.8 cm³/mol. The van der Waals surface area contributed by atoms with E-state index < -0.39 is 7.71 Å². The monoisotopic (exact) mass is 439 g/mol. The molecule has 0 aromatic heterocycles. The number of allylic oxidation sites excluding steroid dienone is 1. The Morgan fingerprint density at radius 3 is 2.09 bits per heavy atom. The van der Waals surface area contributed by atoms with Gasteiger partial charge in [-0.25, -0.2) is 0 Å². The Hall–Kier alpha value is -0.430. The Morgan fingerprint density at radius 1 is 1.09 bits per heavy atom. The molecule has 5 nitrogen and oxygen atoms in total. The van der Waals surface area contributed by atoms with E-state index in [2.05, 4.69) is 10.5 Å². The highest BCUT2D eigenvalue weighted by Gasteiger charge is 2.34. The number of rotatable bonds is 1. The molecule has 0 amide bonds. The van der Waals surface area contributed by atoms with Crippen LogP contribution in [-0.4, -0.2) is 30.8 Å². The normalized spacial score (nSPS) is 14.4. The number of hydrazine groups is 1.